The van der Waals surface area contributed by atoms with Crippen LogP contribution in [0, 0.1) is 11.6 Å². The number of amides is 2. The largest absolute Gasteiger partial charge is 0.325 e. The van der Waals surface area contributed by atoms with E-state index in [0.717, 1.165) is 26.8 Å². The average Bonchev–Trinajstić information content (AvgIpc) is 2.84. The first-order valence-corrected chi connectivity index (χ1v) is 7.72. The fraction of sp³-hybridized carbons (Fsp3) is 0. The SMILES string of the molecule is O=C(Nc1nc2ccc(Br)cc2s1)Nc1c(F)cccc1F. The van der Waals surface area contributed by atoms with Gasteiger partial charge in [0, 0.05) is 4.47 Å². The number of nitrogens with zero attached hydrogens (tertiary/aromatic N) is 1. The Balaban J connectivity index is 1.78. The number of fused-ring (bicyclic) bond motifs is 1. The summed E-state index contributed by atoms with van der Waals surface area (Å²) in [6.07, 6.45) is 0. The van der Waals surface area contributed by atoms with Gasteiger partial charge in [0.15, 0.2) is 5.13 Å². The standard InChI is InChI=1S/C14H8BrF2N3OS/c15-7-4-5-10-11(6-7)22-14(18-10)20-13(21)19-12-8(16)2-1-3-9(12)17/h1-6H,(H2,18,19,20,21). The van der Waals surface area contributed by atoms with E-state index in [4.69, 9.17) is 0 Å². The Morgan fingerprint density at radius 2 is 1.86 bits per heavy atom. The van der Waals surface area contributed by atoms with Crippen LogP contribution in [0.15, 0.2) is 40.9 Å². The second-order valence-electron chi connectivity index (χ2n) is 4.31. The van der Waals surface area contributed by atoms with Gasteiger partial charge in [-0.3, -0.25) is 5.32 Å². The fourth-order valence-electron chi connectivity index (χ4n) is 1.81. The molecule has 2 aromatic carbocycles. The number of para-hydroxylation sites is 1. The van der Waals surface area contributed by atoms with Crippen LogP contribution >= 0.6 is 27.3 Å². The molecule has 0 aliphatic carbocycles. The molecule has 1 heterocycles. The average molecular weight is 384 g/mol. The highest BCUT2D eigenvalue weighted by Crippen LogP contribution is 2.28. The van der Waals surface area contributed by atoms with Gasteiger partial charge in [0.05, 0.1) is 10.2 Å². The lowest BCUT2D eigenvalue weighted by Crippen LogP contribution is -2.20. The number of aromatic nitrogens is 1. The third-order valence-corrected chi connectivity index (χ3v) is 4.20. The topological polar surface area (TPSA) is 54.0 Å². The molecule has 112 valence electrons. The summed E-state index contributed by atoms with van der Waals surface area (Å²) < 4.78 is 28.7. The molecular weight excluding hydrogens is 376 g/mol. The Labute approximate surface area is 136 Å². The summed E-state index contributed by atoms with van der Waals surface area (Å²) in [6, 6.07) is 8.09. The Morgan fingerprint density at radius 3 is 2.59 bits per heavy atom. The number of anilines is 2. The van der Waals surface area contributed by atoms with Gasteiger partial charge in [0.2, 0.25) is 0 Å². The lowest BCUT2D eigenvalue weighted by Gasteiger charge is -2.07. The van der Waals surface area contributed by atoms with Gasteiger partial charge >= 0.3 is 6.03 Å². The summed E-state index contributed by atoms with van der Waals surface area (Å²) in [6.45, 7) is 0. The van der Waals surface area contributed by atoms with E-state index in [-0.39, 0.29) is 0 Å². The summed E-state index contributed by atoms with van der Waals surface area (Å²) >= 11 is 4.61. The molecule has 3 rings (SSSR count). The first-order chi connectivity index (χ1) is 10.5. The maximum atomic E-state index is 13.5. The number of halogens is 3. The zero-order valence-corrected chi connectivity index (χ0v) is 13.3. The smallest absolute Gasteiger partial charge is 0.302 e. The molecule has 1 aromatic heterocycles. The molecule has 2 N–H and O–H groups in total. The van der Waals surface area contributed by atoms with Crippen LogP contribution in [0.4, 0.5) is 24.4 Å². The summed E-state index contributed by atoms with van der Waals surface area (Å²) in [5, 5.41) is 4.94. The minimum absolute atomic E-state index is 0.336. The van der Waals surface area contributed by atoms with Crippen molar-refractivity contribution in [3.8, 4) is 0 Å². The molecule has 4 nitrogen and oxygen atoms in total. The lowest BCUT2D eigenvalue weighted by molar-refractivity contribution is 0.262. The van der Waals surface area contributed by atoms with Crippen molar-refractivity contribution in [3.63, 3.8) is 0 Å². The zero-order chi connectivity index (χ0) is 15.7. The highest BCUT2D eigenvalue weighted by molar-refractivity contribution is 9.10. The van der Waals surface area contributed by atoms with E-state index in [0.29, 0.717) is 5.13 Å². The molecule has 2 amide bonds. The Morgan fingerprint density at radius 1 is 1.14 bits per heavy atom. The van der Waals surface area contributed by atoms with Gasteiger partial charge in [-0.2, -0.15) is 0 Å². The number of benzene rings is 2. The van der Waals surface area contributed by atoms with Gasteiger partial charge in [0.1, 0.15) is 17.3 Å². The summed E-state index contributed by atoms with van der Waals surface area (Å²) in [5.74, 6) is -1.69. The lowest BCUT2D eigenvalue weighted by atomic mass is 10.3. The predicted molar refractivity (Wildman–Crippen MR) is 86.3 cm³/mol. The highest BCUT2D eigenvalue weighted by atomic mass is 79.9. The number of thiazole rings is 1. The third kappa shape index (κ3) is 3.07. The fourth-order valence-corrected chi connectivity index (χ4v) is 3.22. The van der Waals surface area contributed by atoms with Gasteiger partial charge in [-0.1, -0.05) is 33.3 Å². The van der Waals surface area contributed by atoms with E-state index in [1.165, 1.54) is 17.4 Å². The summed E-state index contributed by atoms with van der Waals surface area (Å²) in [4.78, 5) is 16.1. The van der Waals surface area contributed by atoms with E-state index >= 15 is 0 Å². The van der Waals surface area contributed by atoms with E-state index < -0.39 is 23.4 Å². The maximum absolute atomic E-state index is 13.5. The quantitative estimate of drug-likeness (QED) is 0.655. The minimum atomic E-state index is -0.844. The van der Waals surface area contributed by atoms with Crippen LogP contribution in [0.5, 0.6) is 0 Å². The Hall–Kier alpha value is -2.06. The Kier molecular flexibility index (Phi) is 4.04. The summed E-state index contributed by atoms with van der Waals surface area (Å²) in [7, 11) is 0. The van der Waals surface area contributed by atoms with E-state index in [2.05, 4.69) is 31.5 Å². The monoisotopic (exact) mass is 383 g/mol. The van der Waals surface area contributed by atoms with Crippen molar-refractivity contribution in [2.24, 2.45) is 0 Å². The molecule has 0 radical (unpaired) electrons. The normalized spacial score (nSPS) is 10.7. The maximum Gasteiger partial charge on any atom is 0.325 e. The molecule has 0 aliphatic rings. The third-order valence-electron chi connectivity index (χ3n) is 2.77. The van der Waals surface area contributed by atoms with Gasteiger partial charge in [-0.15, -0.1) is 0 Å². The second-order valence-corrected chi connectivity index (χ2v) is 6.25. The van der Waals surface area contributed by atoms with Crippen LogP contribution in [-0.2, 0) is 0 Å². The van der Waals surface area contributed by atoms with Crippen molar-refractivity contribution < 1.29 is 13.6 Å². The molecule has 0 bridgehead atoms. The number of urea groups is 1. The van der Waals surface area contributed by atoms with E-state index in [1.807, 2.05) is 12.1 Å². The number of nitrogens with one attached hydrogen (secondary N) is 2. The number of carbonyl (C=O) groups is 1. The molecule has 3 aromatic rings. The molecule has 8 heteroatoms. The second kappa shape index (κ2) is 5.98. The van der Waals surface area contributed by atoms with Crippen LogP contribution in [0.1, 0.15) is 0 Å². The molecule has 0 aliphatic heterocycles. The van der Waals surface area contributed by atoms with Gasteiger partial charge in [0.25, 0.3) is 0 Å². The molecule has 0 saturated heterocycles. The van der Waals surface area contributed by atoms with Crippen molar-refractivity contribution in [2.45, 2.75) is 0 Å². The minimum Gasteiger partial charge on any atom is -0.302 e. The molecule has 0 atom stereocenters. The molecule has 0 fully saturated rings. The van der Waals surface area contributed by atoms with E-state index in [9.17, 15) is 13.6 Å². The Bertz CT molecular complexity index is 848. The molecule has 0 unspecified atom stereocenters. The molecule has 22 heavy (non-hydrogen) atoms. The van der Waals surface area contributed by atoms with Crippen LogP contribution in [-0.4, -0.2) is 11.0 Å². The van der Waals surface area contributed by atoms with Crippen LogP contribution in [0.25, 0.3) is 10.2 Å². The highest BCUT2D eigenvalue weighted by Gasteiger charge is 2.13. The van der Waals surface area contributed by atoms with Gasteiger partial charge in [-0.25, -0.2) is 18.6 Å². The van der Waals surface area contributed by atoms with Crippen LogP contribution in [0.3, 0.4) is 0 Å². The first kappa shape index (κ1) is 14.9. The zero-order valence-electron chi connectivity index (χ0n) is 10.9. The predicted octanol–water partition coefficient (Wildman–Crippen LogP) is 4.98. The number of carbonyl (C=O) groups excluding carboxylic acids is 1. The molecule has 0 spiro atoms. The number of hydrogen-bond donors (Lipinski definition) is 2. The van der Waals surface area contributed by atoms with Gasteiger partial charge < -0.3 is 5.32 Å². The number of hydrogen-bond acceptors (Lipinski definition) is 3. The molecular formula is C14H8BrF2N3OS. The number of rotatable bonds is 2. The van der Waals surface area contributed by atoms with Crippen LogP contribution < -0.4 is 10.6 Å². The van der Waals surface area contributed by atoms with Crippen molar-refractivity contribution >= 4 is 54.3 Å². The first-order valence-electron chi connectivity index (χ1n) is 6.11. The van der Waals surface area contributed by atoms with E-state index in [1.54, 1.807) is 6.07 Å². The van der Waals surface area contributed by atoms with Crippen LogP contribution in [0.2, 0.25) is 0 Å². The van der Waals surface area contributed by atoms with Crippen molar-refractivity contribution in [1.82, 2.24) is 4.98 Å². The van der Waals surface area contributed by atoms with Crippen molar-refractivity contribution in [3.05, 3.63) is 52.5 Å². The molecule has 0 saturated carbocycles. The van der Waals surface area contributed by atoms with Crippen molar-refractivity contribution in [2.75, 3.05) is 10.6 Å². The van der Waals surface area contributed by atoms with Gasteiger partial charge in [-0.05, 0) is 30.3 Å². The van der Waals surface area contributed by atoms with Crippen molar-refractivity contribution in [1.29, 1.82) is 0 Å². The summed E-state index contributed by atoms with van der Waals surface area (Å²) in [5.41, 5.74) is 0.226.